The summed E-state index contributed by atoms with van der Waals surface area (Å²) in [6, 6.07) is 12.6. The minimum Gasteiger partial charge on any atom is -0.384 e. The number of hydrogen-bond acceptors (Lipinski definition) is 5. The fraction of sp³-hybridized carbons (Fsp3) is 0.323. The number of allylic oxidation sites excluding steroid dienone is 3. The Hall–Kier alpha value is -4.39. The average Bonchev–Trinajstić information content (AvgIpc) is 3.35. The summed E-state index contributed by atoms with van der Waals surface area (Å²) in [5, 5.41) is 14.1. The average molecular weight is 564 g/mol. The van der Waals surface area contributed by atoms with Gasteiger partial charge in [-0.15, -0.1) is 0 Å². The van der Waals surface area contributed by atoms with E-state index in [4.69, 9.17) is 5.73 Å². The molecule has 0 amide bonds. The lowest BCUT2D eigenvalue weighted by atomic mass is 9.68. The molecule has 0 saturated heterocycles. The SMILES string of the molecule is Cc1cc(Cn2ccc(C(F)(F)F)n2)c(C)c([C@H]2C(C#N)=C(N)N(c3ccc(F)cc3)C3=C2C(=O)CC(C)(C)C3)c1. The van der Waals surface area contributed by atoms with Crippen LogP contribution in [-0.4, -0.2) is 15.6 Å². The third-order valence-electron chi connectivity index (χ3n) is 7.74. The van der Waals surface area contributed by atoms with E-state index in [0.717, 1.165) is 17.2 Å². The van der Waals surface area contributed by atoms with Crippen LogP contribution in [0.25, 0.3) is 0 Å². The van der Waals surface area contributed by atoms with Gasteiger partial charge in [0, 0.05) is 29.6 Å². The number of nitrogens with zero attached hydrogens (tertiary/aromatic N) is 4. The molecule has 1 atom stereocenters. The number of nitriles is 1. The van der Waals surface area contributed by atoms with Gasteiger partial charge in [0.25, 0.3) is 0 Å². The zero-order valence-electron chi connectivity index (χ0n) is 23.1. The second kappa shape index (κ2) is 9.91. The van der Waals surface area contributed by atoms with Gasteiger partial charge in [0.1, 0.15) is 11.6 Å². The lowest BCUT2D eigenvalue weighted by molar-refractivity contribution is -0.141. The predicted octanol–water partition coefficient (Wildman–Crippen LogP) is 6.65. The summed E-state index contributed by atoms with van der Waals surface area (Å²) < 4.78 is 54.5. The van der Waals surface area contributed by atoms with Crippen LogP contribution in [0.3, 0.4) is 0 Å². The van der Waals surface area contributed by atoms with E-state index >= 15 is 0 Å². The molecule has 5 rings (SSSR count). The molecular formula is C31H29F4N5O. The van der Waals surface area contributed by atoms with Crippen LogP contribution in [-0.2, 0) is 17.5 Å². The molecule has 3 aromatic rings. The third-order valence-corrected chi connectivity index (χ3v) is 7.74. The molecule has 41 heavy (non-hydrogen) atoms. The topological polar surface area (TPSA) is 87.9 Å². The Bertz CT molecular complexity index is 1650. The number of carbonyl (C=O) groups is 1. The van der Waals surface area contributed by atoms with Crippen LogP contribution in [0.5, 0.6) is 0 Å². The van der Waals surface area contributed by atoms with Crippen LogP contribution in [0.4, 0.5) is 23.2 Å². The van der Waals surface area contributed by atoms with Crippen LogP contribution in [0.1, 0.15) is 60.6 Å². The molecule has 2 aromatic carbocycles. The van der Waals surface area contributed by atoms with Crippen molar-refractivity contribution in [2.45, 2.75) is 59.2 Å². The molecule has 0 spiro atoms. The molecule has 0 radical (unpaired) electrons. The summed E-state index contributed by atoms with van der Waals surface area (Å²) in [5.74, 6) is -1.16. The summed E-state index contributed by atoms with van der Waals surface area (Å²) in [7, 11) is 0. The summed E-state index contributed by atoms with van der Waals surface area (Å²) in [5.41, 5.74) is 10.1. The van der Waals surface area contributed by atoms with Crippen molar-refractivity contribution in [3.05, 3.63) is 105 Å². The molecule has 2 aliphatic rings. The molecule has 2 N–H and O–H groups in total. The fourth-order valence-electron chi connectivity index (χ4n) is 5.91. The number of aryl methyl sites for hydroxylation is 1. The fourth-order valence-corrected chi connectivity index (χ4v) is 5.91. The number of alkyl halides is 3. The van der Waals surface area contributed by atoms with Crippen LogP contribution < -0.4 is 10.6 Å². The van der Waals surface area contributed by atoms with Gasteiger partial charge in [-0.1, -0.05) is 31.5 Å². The van der Waals surface area contributed by atoms with E-state index in [0.29, 0.717) is 34.5 Å². The molecule has 212 valence electrons. The number of halogens is 4. The molecule has 6 nitrogen and oxygen atoms in total. The van der Waals surface area contributed by atoms with E-state index in [1.54, 1.807) is 17.0 Å². The summed E-state index contributed by atoms with van der Waals surface area (Å²) >= 11 is 0. The number of benzene rings is 2. The van der Waals surface area contributed by atoms with Crippen LogP contribution >= 0.6 is 0 Å². The maximum Gasteiger partial charge on any atom is 0.435 e. The van der Waals surface area contributed by atoms with Crippen LogP contribution in [0, 0.1) is 36.4 Å². The first kappa shape index (κ1) is 28.1. The highest BCUT2D eigenvalue weighted by Crippen LogP contribution is 2.51. The third kappa shape index (κ3) is 5.12. The lowest BCUT2D eigenvalue weighted by Crippen LogP contribution is -2.42. The predicted molar refractivity (Wildman–Crippen MR) is 146 cm³/mol. The van der Waals surface area contributed by atoms with Gasteiger partial charge in [0.2, 0.25) is 0 Å². The minimum atomic E-state index is -4.56. The summed E-state index contributed by atoms with van der Waals surface area (Å²) in [4.78, 5) is 15.5. The summed E-state index contributed by atoms with van der Waals surface area (Å²) in [6.07, 6.45) is -2.52. The highest BCUT2D eigenvalue weighted by atomic mass is 19.4. The quantitative estimate of drug-likeness (QED) is 0.359. The van der Waals surface area contributed by atoms with Gasteiger partial charge >= 0.3 is 6.18 Å². The van der Waals surface area contributed by atoms with Crippen LogP contribution in [0.15, 0.2) is 71.3 Å². The first-order valence-electron chi connectivity index (χ1n) is 13.1. The van der Waals surface area contributed by atoms with Gasteiger partial charge < -0.3 is 5.73 Å². The number of anilines is 1. The van der Waals surface area contributed by atoms with Crippen molar-refractivity contribution < 1.29 is 22.4 Å². The number of Topliss-reactive ketones (excluding diaryl/α,β-unsaturated/α-hetero) is 1. The van der Waals surface area contributed by atoms with Crippen molar-refractivity contribution in [2.24, 2.45) is 11.1 Å². The van der Waals surface area contributed by atoms with Gasteiger partial charge in [-0.25, -0.2) is 4.39 Å². The number of ketones is 1. The van der Waals surface area contributed by atoms with E-state index in [1.165, 1.54) is 23.0 Å². The Balaban J connectivity index is 1.69. The molecule has 10 heteroatoms. The van der Waals surface area contributed by atoms with Crippen LogP contribution in [0.2, 0.25) is 0 Å². The van der Waals surface area contributed by atoms with Gasteiger partial charge in [0.15, 0.2) is 11.5 Å². The Morgan fingerprint density at radius 2 is 1.80 bits per heavy atom. The van der Waals surface area contributed by atoms with Gasteiger partial charge in [-0.3, -0.25) is 14.4 Å². The zero-order valence-corrected chi connectivity index (χ0v) is 23.1. The molecule has 0 unspecified atom stereocenters. The van der Waals surface area contributed by atoms with Gasteiger partial charge in [-0.05, 0) is 72.7 Å². The normalized spacial score (nSPS) is 19.0. The molecule has 1 aliphatic heterocycles. The van der Waals surface area contributed by atoms with Crippen molar-refractivity contribution in [1.82, 2.24) is 9.78 Å². The maximum absolute atomic E-state index is 13.9. The van der Waals surface area contributed by atoms with Crippen molar-refractivity contribution in [1.29, 1.82) is 5.26 Å². The van der Waals surface area contributed by atoms with E-state index in [2.05, 4.69) is 11.2 Å². The molecular weight excluding hydrogens is 534 g/mol. The molecule has 1 aromatic heterocycles. The highest BCUT2D eigenvalue weighted by Gasteiger charge is 2.45. The highest BCUT2D eigenvalue weighted by molar-refractivity contribution is 6.01. The number of nitrogens with two attached hydrogens (primary N) is 1. The van der Waals surface area contributed by atoms with Gasteiger partial charge in [0.05, 0.1) is 24.1 Å². The Kier molecular flexibility index (Phi) is 6.80. The van der Waals surface area contributed by atoms with Crippen molar-refractivity contribution in [2.75, 3.05) is 4.90 Å². The molecule has 0 bridgehead atoms. The van der Waals surface area contributed by atoms with Gasteiger partial charge in [-0.2, -0.15) is 23.5 Å². The molecule has 0 saturated carbocycles. The second-order valence-electron chi connectivity index (χ2n) is 11.5. The monoisotopic (exact) mass is 563 g/mol. The number of aromatic nitrogens is 2. The smallest absolute Gasteiger partial charge is 0.384 e. The van der Waals surface area contributed by atoms with Crippen molar-refractivity contribution >= 4 is 11.5 Å². The summed E-state index contributed by atoms with van der Waals surface area (Å²) in [6.45, 7) is 7.72. The minimum absolute atomic E-state index is 0.0684. The van der Waals surface area contributed by atoms with E-state index in [9.17, 15) is 27.6 Å². The molecule has 2 heterocycles. The standard InChI is InChI=1S/C31H29F4N5O/c1-17-11-19(16-39-10-9-26(38-39)31(33,34)35)18(2)22(12-17)27-23(15-36)29(37)40(21-7-5-20(32)6-8-21)24-13-30(3,4)14-25(41)28(24)27/h5-12,27H,13-14,16,37H2,1-4H3/t27-/m0/s1. The largest absolute Gasteiger partial charge is 0.435 e. The Labute approximate surface area is 235 Å². The maximum atomic E-state index is 13.9. The number of carbonyl (C=O) groups excluding carboxylic acids is 1. The lowest BCUT2D eigenvalue weighted by Gasteiger charge is -2.44. The number of hydrogen-bond donors (Lipinski definition) is 1. The Morgan fingerprint density at radius 3 is 2.41 bits per heavy atom. The van der Waals surface area contributed by atoms with E-state index < -0.39 is 23.6 Å². The van der Waals surface area contributed by atoms with E-state index in [1.807, 2.05) is 39.8 Å². The van der Waals surface area contributed by atoms with E-state index in [-0.39, 0.29) is 35.6 Å². The van der Waals surface area contributed by atoms with Crippen molar-refractivity contribution in [3.63, 3.8) is 0 Å². The molecule has 0 fully saturated rings. The first-order valence-corrected chi connectivity index (χ1v) is 13.1. The second-order valence-corrected chi connectivity index (χ2v) is 11.5. The molecule has 1 aliphatic carbocycles. The van der Waals surface area contributed by atoms with Crippen molar-refractivity contribution in [3.8, 4) is 6.07 Å². The zero-order chi connectivity index (χ0) is 29.9. The first-order chi connectivity index (χ1) is 19.2. The number of rotatable bonds is 4. The Morgan fingerprint density at radius 1 is 1.12 bits per heavy atom.